The summed E-state index contributed by atoms with van der Waals surface area (Å²) in [4.78, 5) is 5.43. The minimum absolute atomic E-state index is 0.00841. The van der Waals surface area contributed by atoms with Gasteiger partial charge in [-0.1, -0.05) is 158 Å². The summed E-state index contributed by atoms with van der Waals surface area (Å²) in [6, 6.07) is 42.6. The Labute approximate surface area is 410 Å². The van der Waals surface area contributed by atoms with Crippen LogP contribution in [-0.2, 0) is 16.2 Å². The molecule has 2 nitrogen and oxygen atoms in total. The van der Waals surface area contributed by atoms with Crippen molar-refractivity contribution in [2.24, 2.45) is 29.6 Å². The lowest BCUT2D eigenvalue weighted by atomic mass is 9.33. The van der Waals surface area contributed by atoms with Gasteiger partial charge >= 0.3 is 8.80 Å². The molecule has 13 rings (SSSR count). The van der Waals surface area contributed by atoms with Gasteiger partial charge in [-0.3, -0.25) is 0 Å². The van der Waals surface area contributed by atoms with Crippen molar-refractivity contribution in [1.29, 1.82) is 0 Å². The SMILES string of the molecule is CC1C=C2CC3CC(C23)C12c1c(ccc3c4c5c(cc13)N(c1ccc([Si+](C)C)cc1)c1ccc([Si](C)(C)C)cc1B5c1cc(C(C)(C)C)ccc1N4c1ccc(C(C)(C)C)cc1)C1C=CC=CC12. The van der Waals surface area contributed by atoms with E-state index in [9.17, 15) is 0 Å². The van der Waals surface area contributed by atoms with Crippen LogP contribution in [0.15, 0.2) is 139 Å². The van der Waals surface area contributed by atoms with Gasteiger partial charge in [0.1, 0.15) is 0 Å². The first-order valence-corrected chi connectivity index (χ1v) is 32.0. The number of rotatable bonds is 4. The van der Waals surface area contributed by atoms with Crippen LogP contribution >= 0.6 is 0 Å². The largest absolute Gasteiger partial charge is 0.345 e. The number of allylic oxidation sites excluding steroid dienone is 6. The smallest absolute Gasteiger partial charge is 0.311 e. The summed E-state index contributed by atoms with van der Waals surface area (Å²) >= 11 is 0. The van der Waals surface area contributed by atoms with E-state index in [2.05, 4.69) is 225 Å². The first kappa shape index (κ1) is 43.0. The number of nitrogens with zero attached hydrogens (tertiary/aromatic N) is 2. The van der Waals surface area contributed by atoms with E-state index in [1.807, 2.05) is 0 Å². The Hall–Kier alpha value is -5.10. The molecule has 68 heavy (non-hydrogen) atoms. The van der Waals surface area contributed by atoms with Gasteiger partial charge in [-0.25, -0.2) is 0 Å². The summed E-state index contributed by atoms with van der Waals surface area (Å²) < 4.78 is 0. The van der Waals surface area contributed by atoms with Crippen molar-refractivity contribution < 1.29 is 0 Å². The van der Waals surface area contributed by atoms with Crippen LogP contribution < -0.4 is 36.6 Å². The van der Waals surface area contributed by atoms with Gasteiger partial charge in [0.25, 0.3) is 6.71 Å². The highest BCUT2D eigenvalue weighted by Gasteiger charge is 2.68. The molecule has 340 valence electrons. The highest BCUT2D eigenvalue weighted by molar-refractivity contribution is 7.01. The number of anilines is 6. The van der Waals surface area contributed by atoms with Crippen molar-refractivity contribution in [3.05, 3.63) is 161 Å². The van der Waals surface area contributed by atoms with E-state index in [4.69, 9.17) is 0 Å². The second-order valence-corrected chi connectivity index (χ2v) is 33.0. The number of hydrogen-bond acceptors (Lipinski definition) is 2. The molecule has 1 spiro atoms. The highest BCUT2D eigenvalue weighted by Crippen LogP contribution is 2.74. The fourth-order valence-electron chi connectivity index (χ4n) is 14.9. The molecule has 5 aliphatic carbocycles. The van der Waals surface area contributed by atoms with E-state index >= 15 is 0 Å². The molecule has 2 aliphatic heterocycles. The molecule has 2 saturated carbocycles. The molecule has 0 saturated heterocycles. The number of benzene rings is 6. The normalized spacial score (nSPS) is 25.8. The fourth-order valence-corrected chi connectivity index (χ4v) is 17.0. The molecule has 0 aromatic heterocycles. The zero-order chi connectivity index (χ0) is 47.1. The molecular weight excluding hydrogens is 852 g/mol. The fraction of sp³-hybridized carbons (Fsp3) is 0.365. The van der Waals surface area contributed by atoms with Crippen molar-refractivity contribution in [1.82, 2.24) is 0 Å². The predicted molar refractivity (Wildman–Crippen MR) is 299 cm³/mol. The van der Waals surface area contributed by atoms with Crippen LogP contribution in [0.25, 0.3) is 10.8 Å². The predicted octanol–water partition coefficient (Wildman–Crippen LogP) is 13.3. The third-order valence-corrected chi connectivity index (χ3v) is 21.9. The molecule has 5 heteroatoms. The van der Waals surface area contributed by atoms with Crippen LogP contribution in [0.3, 0.4) is 0 Å². The van der Waals surface area contributed by atoms with E-state index in [-0.39, 0.29) is 23.0 Å². The molecule has 7 atom stereocenters. The van der Waals surface area contributed by atoms with Gasteiger partial charge in [0.05, 0.1) is 32.0 Å². The molecule has 2 fully saturated rings. The van der Waals surface area contributed by atoms with E-state index < -0.39 is 16.9 Å². The molecule has 6 aromatic carbocycles. The Bertz CT molecular complexity index is 3230. The Balaban J connectivity index is 1.19. The molecule has 2 heterocycles. The molecule has 0 N–H and O–H groups in total. The molecule has 7 aliphatic rings. The van der Waals surface area contributed by atoms with E-state index in [0.29, 0.717) is 23.7 Å². The van der Waals surface area contributed by atoms with Crippen LogP contribution in [0.2, 0.25) is 32.7 Å². The Morgan fingerprint density at radius 1 is 0.676 bits per heavy atom. The lowest BCUT2D eigenvalue weighted by Gasteiger charge is -2.67. The van der Waals surface area contributed by atoms with Crippen molar-refractivity contribution in [2.75, 3.05) is 9.80 Å². The quantitative estimate of drug-likeness (QED) is 0.128. The second kappa shape index (κ2) is 14.3. The van der Waals surface area contributed by atoms with Crippen molar-refractivity contribution in [2.45, 2.75) is 116 Å². The molecule has 0 bridgehead atoms. The summed E-state index contributed by atoms with van der Waals surface area (Å²) in [5.41, 5.74) is 20.0. The van der Waals surface area contributed by atoms with E-state index in [1.54, 1.807) is 16.7 Å². The molecule has 7 unspecified atom stereocenters. The number of fused-ring (bicyclic) bond motifs is 13. The highest BCUT2D eigenvalue weighted by atomic mass is 28.3. The minimum atomic E-state index is -1.71. The summed E-state index contributed by atoms with van der Waals surface area (Å²) in [6.07, 6.45) is 15.4. The van der Waals surface area contributed by atoms with Crippen LogP contribution in [0, 0.1) is 29.6 Å². The zero-order valence-corrected chi connectivity index (χ0v) is 44.6. The Morgan fingerprint density at radius 2 is 1.32 bits per heavy atom. The lowest BCUT2D eigenvalue weighted by Crippen LogP contribution is -2.63. The van der Waals surface area contributed by atoms with Gasteiger partial charge in [0.2, 0.25) is 0 Å². The third-order valence-electron chi connectivity index (χ3n) is 18.4. The average molecular weight is 920 g/mol. The second-order valence-electron chi connectivity index (χ2n) is 25.4. The first-order chi connectivity index (χ1) is 32.4. The van der Waals surface area contributed by atoms with E-state index in [1.165, 1.54) is 95.6 Å². The average Bonchev–Trinajstić information content (AvgIpc) is 3.59. The summed E-state index contributed by atoms with van der Waals surface area (Å²) in [6.45, 7) is 29.2. The van der Waals surface area contributed by atoms with Crippen LogP contribution in [0.4, 0.5) is 34.1 Å². The standard InChI is InChI=1S/C63H68BN2Si2/c1-37-31-38-32-39-33-51(57(38)39)63(37)50-16-14-13-15-46(50)47-27-28-48-49(58(47)63)36-56-59-60(48)66(43-20-17-40(18-21-43)61(2,3)4)55-29-19-41(62(5,6)7)34-52(55)64(59)53-35-45(68(10,11)12)26-30-54(53)65(56)42-22-24-44(25-23-42)67(8)9/h13-31,34-37,39,46,50-51,57H,32-33H2,1-12H3/q+1. The maximum atomic E-state index is 2.77. The molecule has 6 aromatic rings. The minimum Gasteiger partial charge on any atom is -0.311 e. The first-order valence-electron chi connectivity index (χ1n) is 26.0. The zero-order valence-electron chi connectivity index (χ0n) is 42.6. The summed E-state index contributed by atoms with van der Waals surface area (Å²) in [7, 11) is -2.33. The van der Waals surface area contributed by atoms with Gasteiger partial charge in [-0.05, 0) is 152 Å². The van der Waals surface area contributed by atoms with Crippen molar-refractivity contribution in [3.63, 3.8) is 0 Å². The maximum Gasteiger partial charge on any atom is 0.345 e. The lowest BCUT2D eigenvalue weighted by molar-refractivity contribution is -0.0638. The van der Waals surface area contributed by atoms with Gasteiger partial charge in [0, 0.05) is 45.2 Å². The van der Waals surface area contributed by atoms with Crippen LogP contribution in [-0.4, -0.2) is 23.6 Å². The van der Waals surface area contributed by atoms with Crippen molar-refractivity contribution >= 4 is 95.2 Å². The topological polar surface area (TPSA) is 6.48 Å². The van der Waals surface area contributed by atoms with Gasteiger partial charge in [-0.15, -0.1) is 0 Å². The Kier molecular flexibility index (Phi) is 9.01. The summed E-state index contributed by atoms with van der Waals surface area (Å²) in [5.74, 6) is 3.59. The molecular formula is C63H68BN2Si2+. The van der Waals surface area contributed by atoms with Gasteiger partial charge in [-0.2, -0.15) is 0 Å². The van der Waals surface area contributed by atoms with Crippen molar-refractivity contribution in [3.8, 4) is 0 Å². The summed E-state index contributed by atoms with van der Waals surface area (Å²) in [5, 5.41) is 5.88. The van der Waals surface area contributed by atoms with Gasteiger partial charge in [0.15, 0.2) is 0 Å². The van der Waals surface area contributed by atoms with Crippen LogP contribution in [0.5, 0.6) is 0 Å². The number of hydrogen-bond donors (Lipinski definition) is 0. The van der Waals surface area contributed by atoms with Gasteiger partial charge < -0.3 is 9.80 Å². The van der Waals surface area contributed by atoms with Crippen LogP contribution in [0.1, 0.15) is 89.5 Å². The maximum absolute atomic E-state index is 2.77. The Morgan fingerprint density at radius 3 is 2.01 bits per heavy atom. The third kappa shape index (κ3) is 5.75. The van der Waals surface area contributed by atoms with E-state index in [0.717, 1.165) is 11.8 Å². The molecule has 0 radical (unpaired) electrons. The monoisotopic (exact) mass is 920 g/mol. The molecule has 0 amide bonds.